The smallest absolute Gasteiger partial charge is 0.287 e. The number of nitrogens with zero attached hydrogens (tertiary/aromatic N) is 4. The molecule has 4 aliphatic rings. The quantitative estimate of drug-likeness (QED) is 0.367. The molecule has 0 radical (unpaired) electrons. The lowest BCUT2D eigenvalue weighted by Crippen LogP contribution is -2.37. The number of fused-ring (bicyclic) bond motifs is 3. The molecule has 2 saturated carbocycles. The topological polar surface area (TPSA) is 62.6 Å². The molecule has 3 unspecified atom stereocenters. The van der Waals surface area contributed by atoms with E-state index in [1.165, 1.54) is 50.4 Å². The van der Waals surface area contributed by atoms with E-state index in [4.69, 9.17) is 4.74 Å². The van der Waals surface area contributed by atoms with Gasteiger partial charge in [0.05, 0.1) is 18.7 Å². The summed E-state index contributed by atoms with van der Waals surface area (Å²) in [7, 11) is 0. The normalized spacial score (nSPS) is 25.3. The Morgan fingerprint density at radius 2 is 1.78 bits per heavy atom. The lowest BCUT2D eigenvalue weighted by atomic mass is 9.92. The van der Waals surface area contributed by atoms with E-state index < -0.39 is 11.4 Å². The van der Waals surface area contributed by atoms with Crippen LogP contribution in [0.25, 0.3) is 10.9 Å². The summed E-state index contributed by atoms with van der Waals surface area (Å²) in [5.74, 6) is 1.96. The van der Waals surface area contributed by atoms with Gasteiger partial charge in [-0.25, -0.2) is 9.37 Å². The summed E-state index contributed by atoms with van der Waals surface area (Å²) in [5.41, 5.74) is 2.48. The molecule has 1 N–H and O–H groups in total. The van der Waals surface area contributed by atoms with Gasteiger partial charge in [-0.05, 0) is 99.6 Å². The van der Waals surface area contributed by atoms with Crippen LogP contribution in [0.1, 0.15) is 57.4 Å². The molecular formula is C33H42FN5O2. The summed E-state index contributed by atoms with van der Waals surface area (Å²) in [6.45, 7) is 7.37. The monoisotopic (exact) mass is 559 g/mol. The largest absolute Gasteiger partial charge is 0.379 e. The maximum atomic E-state index is 14.6. The molecule has 7 nitrogen and oxygen atoms in total. The van der Waals surface area contributed by atoms with Crippen LogP contribution >= 0.6 is 0 Å². The zero-order valence-electron chi connectivity index (χ0n) is 23.9. The predicted molar refractivity (Wildman–Crippen MR) is 162 cm³/mol. The first-order valence-corrected chi connectivity index (χ1v) is 15.7. The van der Waals surface area contributed by atoms with Gasteiger partial charge in [-0.2, -0.15) is 0 Å². The molecule has 3 atom stereocenters. The molecule has 2 saturated heterocycles. The Bertz CT molecular complexity index is 1410. The number of ether oxygens (including phenoxy) is 1. The minimum atomic E-state index is -0.685. The summed E-state index contributed by atoms with van der Waals surface area (Å²) >= 11 is 0. The van der Waals surface area contributed by atoms with Crippen LogP contribution in [0.4, 0.5) is 21.6 Å². The van der Waals surface area contributed by atoms with E-state index in [-0.39, 0.29) is 6.04 Å². The van der Waals surface area contributed by atoms with Crippen LogP contribution in [0.5, 0.6) is 0 Å². The first-order valence-electron chi connectivity index (χ1n) is 15.7. The lowest BCUT2D eigenvalue weighted by Gasteiger charge is -2.34. The second-order valence-corrected chi connectivity index (χ2v) is 12.7. The molecule has 2 aliphatic heterocycles. The van der Waals surface area contributed by atoms with Gasteiger partial charge in [-0.15, -0.1) is 0 Å². The molecule has 4 heterocycles. The Hall–Kier alpha value is -2.97. The fraction of sp³-hybridized carbons (Fsp3) is 0.576. The van der Waals surface area contributed by atoms with E-state index in [9.17, 15) is 9.18 Å². The molecular weight excluding hydrogens is 517 g/mol. The summed E-state index contributed by atoms with van der Waals surface area (Å²) in [5, 5.41) is 4.09. The predicted octanol–water partition coefficient (Wildman–Crippen LogP) is 5.97. The van der Waals surface area contributed by atoms with Crippen molar-refractivity contribution in [1.29, 1.82) is 0 Å². The number of morpholine rings is 1. The second-order valence-electron chi connectivity index (χ2n) is 12.7. The summed E-state index contributed by atoms with van der Waals surface area (Å²) in [6, 6.07) is 11.9. The Morgan fingerprint density at radius 1 is 0.976 bits per heavy atom. The Kier molecular flexibility index (Phi) is 7.69. The maximum Gasteiger partial charge on any atom is 0.287 e. The van der Waals surface area contributed by atoms with Gasteiger partial charge in [-0.3, -0.25) is 9.69 Å². The Labute approximate surface area is 241 Å². The number of benzene rings is 1. The average molecular weight is 560 g/mol. The van der Waals surface area contributed by atoms with E-state index in [2.05, 4.69) is 44.4 Å². The van der Waals surface area contributed by atoms with Crippen LogP contribution in [0.15, 0.2) is 47.4 Å². The average Bonchev–Trinajstić information content (AvgIpc) is 3.64. The van der Waals surface area contributed by atoms with Gasteiger partial charge in [-0.1, -0.05) is 6.42 Å². The standard InChI is InChI=1S/C33H42FN5O2/c34-29-20-26-22-35-32(21-31(26)39(33(29)40)30-19-24-3-4-25(30)18-24)36-27-5-7-28(8-6-27)38-12-9-23(10-13-38)2-1-11-37-14-16-41-17-15-37/h5-8,20-25,30H,1-4,9-19H2,(H,35,36). The van der Waals surface area contributed by atoms with Crippen molar-refractivity contribution in [2.45, 2.75) is 57.4 Å². The van der Waals surface area contributed by atoms with Gasteiger partial charge in [0.15, 0.2) is 5.82 Å². The van der Waals surface area contributed by atoms with Crippen molar-refractivity contribution in [3.8, 4) is 0 Å². The van der Waals surface area contributed by atoms with E-state index in [1.54, 1.807) is 10.8 Å². The first kappa shape index (κ1) is 26.9. The second kappa shape index (κ2) is 11.7. The van der Waals surface area contributed by atoms with Gasteiger partial charge < -0.3 is 19.5 Å². The number of aromatic nitrogens is 2. The molecule has 8 heteroatoms. The molecule has 7 rings (SSSR count). The van der Waals surface area contributed by atoms with E-state index >= 15 is 0 Å². The van der Waals surface area contributed by atoms with Crippen LogP contribution in [0, 0.1) is 23.6 Å². The molecule has 41 heavy (non-hydrogen) atoms. The van der Waals surface area contributed by atoms with E-state index in [0.29, 0.717) is 23.0 Å². The van der Waals surface area contributed by atoms with Crippen molar-refractivity contribution in [3.63, 3.8) is 0 Å². The van der Waals surface area contributed by atoms with E-state index in [1.807, 2.05) is 6.07 Å². The molecule has 1 aromatic carbocycles. The van der Waals surface area contributed by atoms with Crippen molar-refractivity contribution in [1.82, 2.24) is 14.5 Å². The third-order valence-electron chi connectivity index (χ3n) is 10.2. The molecule has 0 spiro atoms. The zero-order chi connectivity index (χ0) is 27.8. The number of hydrogen-bond donors (Lipinski definition) is 1. The minimum absolute atomic E-state index is 0.0860. The van der Waals surface area contributed by atoms with Crippen LogP contribution in [-0.2, 0) is 4.74 Å². The zero-order valence-corrected chi connectivity index (χ0v) is 23.9. The Balaban J connectivity index is 0.978. The van der Waals surface area contributed by atoms with Crippen molar-refractivity contribution >= 4 is 28.1 Å². The van der Waals surface area contributed by atoms with Crippen molar-refractivity contribution < 1.29 is 9.13 Å². The molecule has 218 valence electrons. The number of piperidine rings is 1. The molecule has 2 aromatic heterocycles. The van der Waals surface area contributed by atoms with Crippen LogP contribution in [0.3, 0.4) is 0 Å². The first-order chi connectivity index (χ1) is 20.1. The number of halogens is 1. The minimum Gasteiger partial charge on any atom is -0.379 e. The van der Waals surface area contributed by atoms with Crippen molar-refractivity contribution in [2.24, 2.45) is 17.8 Å². The molecule has 0 amide bonds. The van der Waals surface area contributed by atoms with Crippen LogP contribution < -0.4 is 15.8 Å². The van der Waals surface area contributed by atoms with Crippen LogP contribution in [0.2, 0.25) is 0 Å². The number of rotatable bonds is 8. The highest BCUT2D eigenvalue weighted by atomic mass is 19.1. The lowest BCUT2D eigenvalue weighted by molar-refractivity contribution is 0.0365. The SMILES string of the molecule is O=c1c(F)cc2cnc(Nc3ccc(N4CCC(CCCN5CCOCC5)CC4)cc3)cc2n1C1CC2CCC1C2. The third kappa shape index (κ3) is 5.73. The fourth-order valence-corrected chi connectivity index (χ4v) is 7.93. The van der Waals surface area contributed by atoms with Gasteiger partial charge >= 0.3 is 0 Å². The molecule has 2 aliphatic carbocycles. The summed E-state index contributed by atoms with van der Waals surface area (Å²) in [4.78, 5) is 22.6. The number of hydrogen-bond acceptors (Lipinski definition) is 6. The molecule has 4 fully saturated rings. The van der Waals surface area contributed by atoms with Gasteiger partial charge in [0, 0.05) is 61.2 Å². The van der Waals surface area contributed by atoms with Gasteiger partial charge in [0.1, 0.15) is 5.82 Å². The van der Waals surface area contributed by atoms with Gasteiger partial charge in [0.2, 0.25) is 0 Å². The summed E-state index contributed by atoms with van der Waals surface area (Å²) in [6.07, 6.45) is 11.3. The number of anilines is 3. The maximum absolute atomic E-state index is 14.6. The highest BCUT2D eigenvalue weighted by Gasteiger charge is 2.41. The van der Waals surface area contributed by atoms with E-state index in [0.717, 1.165) is 75.8 Å². The Morgan fingerprint density at radius 3 is 2.51 bits per heavy atom. The summed E-state index contributed by atoms with van der Waals surface area (Å²) < 4.78 is 21.8. The van der Waals surface area contributed by atoms with Crippen LogP contribution in [-0.4, -0.2) is 60.4 Å². The van der Waals surface area contributed by atoms with Crippen molar-refractivity contribution in [3.05, 3.63) is 58.8 Å². The highest BCUT2D eigenvalue weighted by molar-refractivity contribution is 5.81. The van der Waals surface area contributed by atoms with Crippen molar-refractivity contribution in [2.75, 3.05) is 56.2 Å². The number of nitrogens with one attached hydrogen (secondary N) is 1. The number of pyridine rings is 2. The molecule has 2 bridgehead atoms. The third-order valence-corrected chi connectivity index (χ3v) is 10.2. The van der Waals surface area contributed by atoms with Gasteiger partial charge in [0.25, 0.3) is 5.56 Å². The fourth-order valence-electron chi connectivity index (χ4n) is 7.93. The molecule has 3 aromatic rings. The highest BCUT2D eigenvalue weighted by Crippen LogP contribution is 2.51.